The maximum atomic E-state index is 5.85. The lowest BCUT2D eigenvalue weighted by Crippen LogP contribution is -2.46. The summed E-state index contributed by atoms with van der Waals surface area (Å²) >= 11 is 0. The van der Waals surface area contributed by atoms with Gasteiger partial charge in [0.15, 0.2) is 0 Å². The third-order valence-corrected chi connectivity index (χ3v) is 5.20. The normalized spacial score (nSPS) is 22.5. The van der Waals surface area contributed by atoms with E-state index in [0.717, 1.165) is 12.6 Å². The van der Waals surface area contributed by atoms with Crippen LogP contribution in [0, 0.1) is 0 Å². The van der Waals surface area contributed by atoms with Crippen LogP contribution in [0.2, 0.25) is 0 Å². The Labute approximate surface area is 129 Å². The Balaban J connectivity index is 1.51. The number of likely N-dealkylation sites (tertiary alicyclic amines) is 2. The lowest BCUT2D eigenvalue weighted by Gasteiger charge is -2.40. The van der Waals surface area contributed by atoms with Crippen molar-refractivity contribution in [2.24, 2.45) is 5.73 Å². The smallest absolute Gasteiger partial charge is 0.0236 e. The highest BCUT2D eigenvalue weighted by molar-refractivity contribution is 5.26. The van der Waals surface area contributed by atoms with Crippen molar-refractivity contribution in [3.8, 4) is 0 Å². The molecule has 3 rings (SSSR count). The van der Waals surface area contributed by atoms with E-state index in [1.54, 1.807) is 0 Å². The number of nitrogens with two attached hydrogens (primary N) is 1. The third-order valence-electron chi connectivity index (χ3n) is 5.20. The lowest BCUT2D eigenvalue weighted by atomic mass is 9.99. The molecule has 1 aromatic rings. The van der Waals surface area contributed by atoms with Crippen LogP contribution in [0.3, 0.4) is 0 Å². The van der Waals surface area contributed by atoms with E-state index < -0.39 is 0 Å². The topological polar surface area (TPSA) is 32.5 Å². The highest BCUT2D eigenvalue weighted by Gasteiger charge is 2.25. The SMILES string of the molecule is NCc1ccccc1CN1CCC(N2CCCCC2)CC1. The van der Waals surface area contributed by atoms with Gasteiger partial charge < -0.3 is 10.6 Å². The summed E-state index contributed by atoms with van der Waals surface area (Å²) in [4.78, 5) is 5.35. The standard InChI is InChI=1S/C18H29N3/c19-14-16-6-2-3-7-17(16)15-20-12-8-18(9-13-20)21-10-4-1-5-11-21/h2-3,6-7,18H,1,4-5,8-15,19H2. The molecule has 116 valence electrons. The predicted octanol–water partition coefficient (Wildman–Crippen LogP) is 2.60. The van der Waals surface area contributed by atoms with Gasteiger partial charge in [-0.3, -0.25) is 4.90 Å². The van der Waals surface area contributed by atoms with E-state index in [4.69, 9.17) is 5.73 Å². The molecule has 1 aromatic carbocycles. The van der Waals surface area contributed by atoms with Crippen molar-refractivity contribution >= 4 is 0 Å². The van der Waals surface area contributed by atoms with Gasteiger partial charge in [-0.2, -0.15) is 0 Å². The molecule has 2 saturated heterocycles. The molecule has 2 heterocycles. The Hall–Kier alpha value is -0.900. The number of hydrogen-bond acceptors (Lipinski definition) is 3. The average molecular weight is 287 g/mol. The van der Waals surface area contributed by atoms with E-state index in [0.29, 0.717) is 6.54 Å². The Morgan fingerprint density at radius 3 is 2.24 bits per heavy atom. The van der Waals surface area contributed by atoms with E-state index in [2.05, 4.69) is 34.1 Å². The van der Waals surface area contributed by atoms with Crippen molar-refractivity contribution in [1.29, 1.82) is 0 Å². The second kappa shape index (κ2) is 7.39. The Bertz CT molecular complexity index is 432. The van der Waals surface area contributed by atoms with Gasteiger partial charge in [-0.15, -0.1) is 0 Å². The van der Waals surface area contributed by atoms with E-state index >= 15 is 0 Å². The molecule has 2 N–H and O–H groups in total. The van der Waals surface area contributed by atoms with Gasteiger partial charge >= 0.3 is 0 Å². The van der Waals surface area contributed by atoms with Gasteiger partial charge in [0.05, 0.1) is 0 Å². The molecule has 0 bridgehead atoms. The minimum absolute atomic E-state index is 0.653. The predicted molar refractivity (Wildman–Crippen MR) is 88.1 cm³/mol. The molecule has 0 spiro atoms. The van der Waals surface area contributed by atoms with Gasteiger partial charge in [0.2, 0.25) is 0 Å². The van der Waals surface area contributed by atoms with Gasteiger partial charge in [0, 0.05) is 19.1 Å². The molecular weight excluding hydrogens is 258 g/mol. The zero-order valence-corrected chi connectivity index (χ0v) is 13.1. The molecule has 21 heavy (non-hydrogen) atoms. The average Bonchev–Trinajstić information content (AvgIpc) is 2.57. The minimum Gasteiger partial charge on any atom is -0.326 e. The van der Waals surface area contributed by atoms with Crippen LogP contribution in [0.15, 0.2) is 24.3 Å². The van der Waals surface area contributed by atoms with Crippen molar-refractivity contribution in [2.45, 2.75) is 51.2 Å². The molecule has 0 amide bonds. The molecule has 2 aliphatic heterocycles. The molecule has 2 aliphatic rings. The van der Waals surface area contributed by atoms with Crippen LogP contribution in [-0.4, -0.2) is 42.0 Å². The zero-order valence-electron chi connectivity index (χ0n) is 13.1. The van der Waals surface area contributed by atoms with Gasteiger partial charge in [-0.25, -0.2) is 0 Å². The van der Waals surface area contributed by atoms with E-state index in [1.165, 1.54) is 69.4 Å². The minimum atomic E-state index is 0.653. The summed E-state index contributed by atoms with van der Waals surface area (Å²) in [6.45, 7) is 6.86. The largest absolute Gasteiger partial charge is 0.326 e. The van der Waals surface area contributed by atoms with Crippen LogP contribution >= 0.6 is 0 Å². The molecule has 0 saturated carbocycles. The molecule has 0 aromatic heterocycles. The second-order valence-corrected chi connectivity index (χ2v) is 6.58. The maximum Gasteiger partial charge on any atom is 0.0236 e. The fourth-order valence-corrected chi connectivity index (χ4v) is 3.88. The number of rotatable bonds is 4. The summed E-state index contributed by atoms with van der Waals surface area (Å²) in [5.41, 5.74) is 8.57. The van der Waals surface area contributed by atoms with Crippen LogP contribution in [0.25, 0.3) is 0 Å². The van der Waals surface area contributed by atoms with Crippen LogP contribution in [0.1, 0.15) is 43.2 Å². The molecule has 0 aliphatic carbocycles. The molecule has 0 atom stereocenters. The van der Waals surface area contributed by atoms with Gasteiger partial charge in [-0.1, -0.05) is 30.7 Å². The van der Waals surface area contributed by atoms with Crippen molar-refractivity contribution in [2.75, 3.05) is 26.2 Å². The monoisotopic (exact) mass is 287 g/mol. The van der Waals surface area contributed by atoms with Gasteiger partial charge in [0.1, 0.15) is 0 Å². The van der Waals surface area contributed by atoms with Gasteiger partial charge in [0.25, 0.3) is 0 Å². The summed E-state index contributed by atoms with van der Waals surface area (Å²) in [6.07, 6.45) is 6.93. The molecule has 0 radical (unpaired) electrons. The van der Waals surface area contributed by atoms with Gasteiger partial charge in [-0.05, 0) is 63.0 Å². The summed E-state index contributed by atoms with van der Waals surface area (Å²) in [6, 6.07) is 9.46. The fraction of sp³-hybridized carbons (Fsp3) is 0.667. The van der Waals surface area contributed by atoms with Crippen LogP contribution in [0.5, 0.6) is 0 Å². The molecule has 3 nitrogen and oxygen atoms in total. The van der Waals surface area contributed by atoms with E-state index in [9.17, 15) is 0 Å². The first-order valence-electron chi connectivity index (χ1n) is 8.60. The highest BCUT2D eigenvalue weighted by atomic mass is 15.2. The number of hydrogen-bond donors (Lipinski definition) is 1. The van der Waals surface area contributed by atoms with Crippen molar-refractivity contribution < 1.29 is 0 Å². The Morgan fingerprint density at radius 2 is 1.57 bits per heavy atom. The first kappa shape index (κ1) is 15.0. The third kappa shape index (κ3) is 3.85. The van der Waals surface area contributed by atoms with Crippen molar-refractivity contribution in [1.82, 2.24) is 9.80 Å². The second-order valence-electron chi connectivity index (χ2n) is 6.58. The number of piperidine rings is 2. The maximum absolute atomic E-state index is 5.85. The molecule has 2 fully saturated rings. The summed E-state index contributed by atoms with van der Waals surface area (Å²) < 4.78 is 0. The summed E-state index contributed by atoms with van der Waals surface area (Å²) in [7, 11) is 0. The quantitative estimate of drug-likeness (QED) is 0.924. The van der Waals surface area contributed by atoms with Crippen molar-refractivity contribution in [3.63, 3.8) is 0 Å². The first-order chi connectivity index (χ1) is 10.4. The fourth-order valence-electron chi connectivity index (χ4n) is 3.88. The van der Waals surface area contributed by atoms with Crippen LogP contribution < -0.4 is 5.73 Å². The Morgan fingerprint density at radius 1 is 0.905 bits per heavy atom. The Kier molecular flexibility index (Phi) is 5.28. The van der Waals surface area contributed by atoms with Crippen LogP contribution in [0.4, 0.5) is 0 Å². The summed E-state index contributed by atoms with van der Waals surface area (Å²) in [5.74, 6) is 0. The number of benzene rings is 1. The molecule has 3 heteroatoms. The van der Waals surface area contributed by atoms with Crippen LogP contribution in [-0.2, 0) is 13.1 Å². The highest BCUT2D eigenvalue weighted by Crippen LogP contribution is 2.22. The molecule has 0 unspecified atom stereocenters. The summed E-state index contributed by atoms with van der Waals surface area (Å²) in [5, 5.41) is 0. The van der Waals surface area contributed by atoms with E-state index in [1.807, 2.05) is 0 Å². The van der Waals surface area contributed by atoms with E-state index in [-0.39, 0.29) is 0 Å². The molecular formula is C18H29N3. The lowest BCUT2D eigenvalue weighted by molar-refractivity contribution is 0.0895. The number of nitrogens with zero attached hydrogens (tertiary/aromatic N) is 2. The zero-order chi connectivity index (χ0) is 14.5. The first-order valence-corrected chi connectivity index (χ1v) is 8.60. The van der Waals surface area contributed by atoms with Crippen molar-refractivity contribution in [3.05, 3.63) is 35.4 Å².